The van der Waals surface area contributed by atoms with Crippen molar-refractivity contribution < 1.29 is 28.4 Å². The van der Waals surface area contributed by atoms with Gasteiger partial charge in [0, 0.05) is 6.61 Å². The zero-order valence-electron chi connectivity index (χ0n) is 16.5. The van der Waals surface area contributed by atoms with Crippen molar-refractivity contribution in [1.29, 1.82) is 0 Å². The lowest BCUT2D eigenvalue weighted by atomic mass is 10.1. The lowest BCUT2D eigenvalue weighted by Crippen LogP contribution is -2.33. The van der Waals surface area contributed by atoms with Crippen molar-refractivity contribution in [2.45, 2.75) is 38.7 Å². The van der Waals surface area contributed by atoms with E-state index < -0.39 is 0 Å². The van der Waals surface area contributed by atoms with Gasteiger partial charge in [-0.25, -0.2) is 0 Å². The van der Waals surface area contributed by atoms with E-state index in [1.807, 2.05) is 0 Å². The average molecular weight is 378 g/mol. The number of hydrogen-bond acceptors (Lipinski definition) is 7. The number of nitrogens with one attached hydrogen (secondary N) is 1. The van der Waals surface area contributed by atoms with Gasteiger partial charge in [0.05, 0.1) is 72.2 Å². The molecule has 156 valence electrons. The van der Waals surface area contributed by atoms with Gasteiger partial charge in [-0.1, -0.05) is 13.3 Å². The molecule has 1 saturated heterocycles. The third-order valence-corrected chi connectivity index (χ3v) is 4.00. The van der Waals surface area contributed by atoms with Crippen LogP contribution in [0.5, 0.6) is 0 Å². The summed E-state index contributed by atoms with van der Waals surface area (Å²) < 4.78 is 33.0. The molecule has 0 spiro atoms. The first-order valence-electron chi connectivity index (χ1n) is 10.1. The van der Waals surface area contributed by atoms with Gasteiger partial charge in [0.15, 0.2) is 0 Å². The smallest absolute Gasteiger partial charge is 0.0704 e. The summed E-state index contributed by atoms with van der Waals surface area (Å²) in [6.45, 7) is 11.2. The minimum atomic E-state index is 0.394. The quantitative estimate of drug-likeness (QED) is 0.343. The second-order valence-corrected chi connectivity index (χ2v) is 6.24. The molecule has 7 nitrogen and oxygen atoms in total. The van der Waals surface area contributed by atoms with Crippen LogP contribution in [0.1, 0.15) is 32.6 Å². The van der Waals surface area contributed by atoms with Crippen molar-refractivity contribution in [3.8, 4) is 0 Å². The first-order valence-corrected chi connectivity index (χ1v) is 10.1. The molecule has 1 N–H and O–H groups in total. The molecule has 0 aliphatic carbocycles. The van der Waals surface area contributed by atoms with Crippen LogP contribution >= 0.6 is 0 Å². The molecule has 0 aromatic rings. The number of unbranched alkanes of at least 4 members (excludes halogenated alkanes) is 1. The lowest BCUT2D eigenvalue weighted by molar-refractivity contribution is -0.0296. The molecule has 1 heterocycles. The Kier molecular flexibility index (Phi) is 17.8. The van der Waals surface area contributed by atoms with Gasteiger partial charge in [0.1, 0.15) is 0 Å². The molecule has 0 unspecified atom stereocenters. The highest BCUT2D eigenvalue weighted by molar-refractivity contribution is 4.67. The summed E-state index contributed by atoms with van der Waals surface area (Å²) in [6, 6.07) is 0. The molecule has 1 aliphatic heterocycles. The lowest BCUT2D eigenvalue weighted by Gasteiger charge is -2.22. The van der Waals surface area contributed by atoms with Crippen LogP contribution in [0.3, 0.4) is 0 Å². The summed E-state index contributed by atoms with van der Waals surface area (Å²) in [6.07, 6.45) is 4.86. The first kappa shape index (κ1) is 23.8. The Labute approximate surface area is 159 Å². The van der Waals surface area contributed by atoms with E-state index in [2.05, 4.69) is 12.2 Å². The van der Waals surface area contributed by atoms with Crippen LogP contribution in [-0.4, -0.2) is 91.9 Å². The van der Waals surface area contributed by atoms with E-state index in [0.717, 1.165) is 45.4 Å². The monoisotopic (exact) mass is 377 g/mol. The van der Waals surface area contributed by atoms with Crippen molar-refractivity contribution in [1.82, 2.24) is 5.32 Å². The maximum atomic E-state index is 5.76. The molecule has 1 fully saturated rings. The van der Waals surface area contributed by atoms with Gasteiger partial charge in [-0.05, 0) is 32.4 Å². The molecule has 1 aliphatic rings. The van der Waals surface area contributed by atoms with Crippen molar-refractivity contribution >= 4 is 0 Å². The highest BCUT2D eigenvalue weighted by Crippen LogP contribution is 2.06. The molecule has 0 radical (unpaired) electrons. The van der Waals surface area contributed by atoms with Crippen LogP contribution in [0, 0.1) is 0 Å². The fourth-order valence-corrected chi connectivity index (χ4v) is 2.46. The summed E-state index contributed by atoms with van der Waals surface area (Å²) in [5.41, 5.74) is 0. The Bertz CT molecular complexity index is 277. The molecule has 0 aromatic carbocycles. The van der Waals surface area contributed by atoms with Gasteiger partial charge >= 0.3 is 0 Å². The molecule has 0 aromatic heterocycles. The zero-order chi connectivity index (χ0) is 18.5. The van der Waals surface area contributed by atoms with E-state index >= 15 is 0 Å². The van der Waals surface area contributed by atoms with Crippen molar-refractivity contribution in [3.63, 3.8) is 0 Å². The van der Waals surface area contributed by atoms with E-state index in [4.69, 9.17) is 28.4 Å². The molecule has 0 bridgehead atoms. The fourth-order valence-electron chi connectivity index (χ4n) is 2.46. The third-order valence-electron chi connectivity index (χ3n) is 4.00. The van der Waals surface area contributed by atoms with Gasteiger partial charge in [0.25, 0.3) is 0 Å². The zero-order valence-corrected chi connectivity index (χ0v) is 16.5. The second-order valence-electron chi connectivity index (χ2n) is 6.24. The summed E-state index contributed by atoms with van der Waals surface area (Å²) in [4.78, 5) is 0. The summed E-state index contributed by atoms with van der Waals surface area (Å²) >= 11 is 0. The highest BCUT2D eigenvalue weighted by atomic mass is 16.6. The van der Waals surface area contributed by atoms with Crippen molar-refractivity contribution in [3.05, 3.63) is 0 Å². The van der Waals surface area contributed by atoms with Crippen LogP contribution in [0.25, 0.3) is 0 Å². The SMILES string of the molecule is CCCCOCCOCCOCCOCCOCCOC1CCNCC1. The molecule has 0 saturated carbocycles. The van der Waals surface area contributed by atoms with Crippen LogP contribution in [0.2, 0.25) is 0 Å². The van der Waals surface area contributed by atoms with Crippen LogP contribution in [0.4, 0.5) is 0 Å². The molecular weight excluding hydrogens is 338 g/mol. The van der Waals surface area contributed by atoms with E-state index in [1.54, 1.807) is 0 Å². The van der Waals surface area contributed by atoms with Crippen molar-refractivity contribution in [2.75, 3.05) is 85.8 Å². The third kappa shape index (κ3) is 15.9. The summed E-state index contributed by atoms with van der Waals surface area (Å²) in [5.74, 6) is 0. The van der Waals surface area contributed by atoms with Gasteiger partial charge in [-0.15, -0.1) is 0 Å². The van der Waals surface area contributed by atoms with E-state index in [9.17, 15) is 0 Å². The topological polar surface area (TPSA) is 67.4 Å². The maximum Gasteiger partial charge on any atom is 0.0704 e. The van der Waals surface area contributed by atoms with Crippen LogP contribution in [-0.2, 0) is 28.4 Å². The number of hydrogen-bond donors (Lipinski definition) is 1. The Morgan fingerprint density at radius 2 is 1.04 bits per heavy atom. The molecule has 0 amide bonds. The van der Waals surface area contributed by atoms with Crippen LogP contribution in [0.15, 0.2) is 0 Å². The minimum Gasteiger partial charge on any atom is -0.379 e. The molecular formula is C19H39NO6. The van der Waals surface area contributed by atoms with Gasteiger partial charge in [-0.2, -0.15) is 0 Å². The van der Waals surface area contributed by atoms with Crippen molar-refractivity contribution in [2.24, 2.45) is 0 Å². The Morgan fingerprint density at radius 1 is 0.615 bits per heavy atom. The highest BCUT2D eigenvalue weighted by Gasteiger charge is 2.12. The van der Waals surface area contributed by atoms with Gasteiger partial charge in [-0.3, -0.25) is 0 Å². The molecule has 0 atom stereocenters. The Balaban J connectivity index is 1.65. The molecule has 7 heteroatoms. The maximum absolute atomic E-state index is 5.76. The predicted octanol–water partition coefficient (Wildman–Crippen LogP) is 1.64. The predicted molar refractivity (Wildman–Crippen MR) is 101 cm³/mol. The standard InChI is InChI=1S/C19H39NO6/c1-2-3-8-21-9-10-22-11-12-23-13-14-24-15-16-25-17-18-26-19-4-6-20-7-5-19/h19-20H,2-18H2,1H3. The number of ether oxygens (including phenoxy) is 6. The van der Waals surface area contributed by atoms with E-state index in [-0.39, 0.29) is 0 Å². The van der Waals surface area contributed by atoms with Crippen LogP contribution < -0.4 is 5.32 Å². The van der Waals surface area contributed by atoms with E-state index in [1.165, 1.54) is 0 Å². The minimum absolute atomic E-state index is 0.394. The largest absolute Gasteiger partial charge is 0.379 e. The van der Waals surface area contributed by atoms with E-state index in [0.29, 0.717) is 72.2 Å². The summed E-state index contributed by atoms with van der Waals surface area (Å²) in [7, 11) is 0. The molecule has 1 rings (SSSR count). The Morgan fingerprint density at radius 3 is 1.50 bits per heavy atom. The van der Waals surface area contributed by atoms with Gasteiger partial charge < -0.3 is 33.7 Å². The second kappa shape index (κ2) is 19.5. The normalized spacial score (nSPS) is 15.6. The first-order chi connectivity index (χ1) is 12.9. The summed E-state index contributed by atoms with van der Waals surface area (Å²) in [5, 5.41) is 3.32. The number of rotatable bonds is 19. The molecule has 26 heavy (non-hydrogen) atoms. The number of piperidine rings is 1. The average Bonchev–Trinajstić information content (AvgIpc) is 2.68. The van der Waals surface area contributed by atoms with Gasteiger partial charge in [0.2, 0.25) is 0 Å². The fraction of sp³-hybridized carbons (Fsp3) is 1.00. The Hall–Kier alpha value is -0.280.